The number of rotatable bonds is 10. The predicted molar refractivity (Wildman–Crippen MR) is 86.3 cm³/mol. The van der Waals surface area contributed by atoms with Gasteiger partial charge in [-0.15, -0.1) is 0 Å². The van der Waals surface area contributed by atoms with Gasteiger partial charge in [-0.25, -0.2) is 4.79 Å². The van der Waals surface area contributed by atoms with Crippen LogP contribution < -0.4 is 4.74 Å². The first-order valence-electron chi connectivity index (χ1n) is 7.41. The first-order valence-corrected chi connectivity index (χ1v) is 7.41. The van der Waals surface area contributed by atoms with Crippen molar-refractivity contribution in [2.45, 2.75) is 32.6 Å². The molecule has 1 aromatic rings. The van der Waals surface area contributed by atoms with Crippen molar-refractivity contribution in [2.24, 2.45) is 0 Å². The van der Waals surface area contributed by atoms with Crippen LogP contribution in [-0.4, -0.2) is 19.2 Å². The lowest BCUT2D eigenvalue weighted by molar-refractivity contribution is -0.137. The van der Waals surface area contributed by atoms with Crippen LogP contribution in [0, 0.1) is 0 Å². The van der Waals surface area contributed by atoms with Gasteiger partial charge in [0.15, 0.2) is 0 Å². The molecule has 0 unspecified atom stereocenters. The zero-order valence-corrected chi connectivity index (χ0v) is 12.7. The Hall–Kier alpha value is -2.03. The van der Waals surface area contributed by atoms with Crippen LogP contribution in [-0.2, 0) is 9.53 Å². The number of carbonyl (C=O) groups is 1. The lowest BCUT2D eigenvalue weighted by Gasteiger charge is -2.06. The fourth-order valence-corrected chi connectivity index (χ4v) is 1.85. The summed E-state index contributed by atoms with van der Waals surface area (Å²) in [6.45, 7) is 6.54. The van der Waals surface area contributed by atoms with Crippen molar-refractivity contribution in [1.82, 2.24) is 0 Å². The van der Waals surface area contributed by atoms with Crippen LogP contribution in [0.5, 0.6) is 5.75 Å². The summed E-state index contributed by atoms with van der Waals surface area (Å²) in [5.41, 5.74) is 1.18. The molecule has 0 spiro atoms. The molecule has 0 N–H and O–H groups in total. The number of esters is 1. The monoisotopic (exact) mass is 288 g/mol. The number of carbonyl (C=O) groups excluding carboxylic acids is 1. The smallest absolute Gasteiger partial charge is 0.330 e. The molecule has 0 radical (unpaired) electrons. The largest absolute Gasteiger partial charge is 0.494 e. The molecular weight excluding hydrogens is 264 g/mol. The Kier molecular flexibility index (Phi) is 8.69. The molecule has 1 aromatic carbocycles. The second kappa shape index (κ2) is 10.7. The summed E-state index contributed by atoms with van der Waals surface area (Å²) in [7, 11) is 0. The van der Waals surface area contributed by atoms with Gasteiger partial charge in [0.2, 0.25) is 0 Å². The summed E-state index contributed by atoms with van der Waals surface area (Å²) < 4.78 is 10.6. The molecular formula is C18H24O3. The standard InChI is InChI=1S/C18H24O3/c1-3-9-16-10-12-17(13-11-16)20-14-7-5-6-8-15-21-18(19)4-2/h3-4,9-13H,2,5-8,14-15H2,1H3. The molecule has 0 bridgehead atoms. The van der Waals surface area contributed by atoms with Crippen molar-refractivity contribution in [3.05, 3.63) is 48.6 Å². The Morgan fingerprint density at radius 3 is 2.38 bits per heavy atom. The molecule has 114 valence electrons. The van der Waals surface area contributed by atoms with Gasteiger partial charge < -0.3 is 9.47 Å². The molecule has 3 heteroatoms. The predicted octanol–water partition coefficient (Wildman–Crippen LogP) is 4.39. The van der Waals surface area contributed by atoms with E-state index in [0.29, 0.717) is 6.61 Å². The van der Waals surface area contributed by atoms with Crippen LogP contribution in [0.25, 0.3) is 6.08 Å². The van der Waals surface area contributed by atoms with E-state index < -0.39 is 0 Å². The minimum absolute atomic E-state index is 0.348. The highest BCUT2D eigenvalue weighted by Crippen LogP contribution is 2.14. The molecule has 0 aliphatic carbocycles. The maximum atomic E-state index is 10.8. The van der Waals surface area contributed by atoms with E-state index in [-0.39, 0.29) is 5.97 Å². The van der Waals surface area contributed by atoms with Gasteiger partial charge in [-0.3, -0.25) is 0 Å². The van der Waals surface area contributed by atoms with Gasteiger partial charge in [0, 0.05) is 6.08 Å². The Morgan fingerprint density at radius 2 is 1.76 bits per heavy atom. The highest BCUT2D eigenvalue weighted by Gasteiger charge is 1.97. The van der Waals surface area contributed by atoms with Crippen molar-refractivity contribution in [2.75, 3.05) is 13.2 Å². The van der Waals surface area contributed by atoms with Crippen molar-refractivity contribution in [3.63, 3.8) is 0 Å². The summed E-state index contributed by atoms with van der Waals surface area (Å²) in [6.07, 6.45) is 9.26. The van der Waals surface area contributed by atoms with E-state index in [1.807, 2.05) is 37.3 Å². The Labute approximate surface area is 127 Å². The molecule has 1 rings (SSSR count). The Morgan fingerprint density at radius 1 is 1.10 bits per heavy atom. The van der Waals surface area contributed by atoms with E-state index in [9.17, 15) is 4.79 Å². The number of benzene rings is 1. The number of hydrogen-bond acceptors (Lipinski definition) is 3. The lowest BCUT2D eigenvalue weighted by Crippen LogP contribution is -2.02. The third kappa shape index (κ3) is 7.98. The van der Waals surface area contributed by atoms with E-state index >= 15 is 0 Å². The normalized spacial score (nSPS) is 10.5. The van der Waals surface area contributed by atoms with Crippen molar-refractivity contribution < 1.29 is 14.3 Å². The van der Waals surface area contributed by atoms with Crippen LogP contribution in [0.1, 0.15) is 38.2 Å². The molecule has 0 heterocycles. The molecule has 3 nitrogen and oxygen atoms in total. The van der Waals surface area contributed by atoms with E-state index in [2.05, 4.69) is 12.7 Å². The van der Waals surface area contributed by atoms with E-state index in [4.69, 9.17) is 9.47 Å². The van der Waals surface area contributed by atoms with Crippen LogP contribution in [0.4, 0.5) is 0 Å². The minimum atomic E-state index is -0.348. The number of allylic oxidation sites excluding steroid dienone is 1. The fraction of sp³-hybridized carbons (Fsp3) is 0.389. The van der Waals surface area contributed by atoms with Crippen LogP contribution in [0.2, 0.25) is 0 Å². The van der Waals surface area contributed by atoms with Gasteiger partial charge in [-0.05, 0) is 50.3 Å². The molecule has 0 aliphatic heterocycles. The molecule has 0 aliphatic rings. The molecule has 0 atom stereocenters. The third-order valence-corrected chi connectivity index (χ3v) is 2.96. The lowest BCUT2D eigenvalue weighted by atomic mass is 10.2. The van der Waals surface area contributed by atoms with Crippen molar-refractivity contribution in [3.8, 4) is 5.75 Å². The van der Waals surface area contributed by atoms with Crippen molar-refractivity contribution in [1.29, 1.82) is 0 Å². The van der Waals surface area contributed by atoms with Crippen molar-refractivity contribution >= 4 is 12.0 Å². The number of hydrogen-bond donors (Lipinski definition) is 0. The maximum absolute atomic E-state index is 10.8. The molecule has 0 saturated carbocycles. The average molecular weight is 288 g/mol. The van der Waals surface area contributed by atoms with Crippen LogP contribution >= 0.6 is 0 Å². The van der Waals surface area contributed by atoms with Gasteiger partial charge in [0.05, 0.1) is 13.2 Å². The summed E-state index contributed by atoms with van der Waals surface area (Å²) in [5, 5.41) is 0. The van der Waals surface area contributed by atoms with Gasteiger partial charge in [0.25, 0.3) is 0 Å². The van der Waals surface area contributed by atoms with E-state index in [1.165, 1.54) is 11.6 Å². The second-order valence-electron chi connectivity index (χ2n) is 4.70. The Balaban J connectivity index is 2.03. The zero-order valence-electron chi connectivity index (χ0n) is 12.7. The Bertz CT molecular complexity index is 446. The molecule has 0 amide bonds. The van der Waals surface area contributed by atoms with Gasteiger partial charge in [0.1, 0.15) is 5.75 Å². The maximum Gasteiger partial charge on any atom is 0.330 e. The first kappa shape index (κ1) is 17.0. The summed E-state index contributed by atoms with van der Waals surface area (Å²) in [6, 6.07) is 8.07. The SMILES string of the molecule is C=CC(=O)OCCCCCCOc1ccc(C=CC)cc1. The summed E-state index contributed by atoms with van der Waals surface area (Å²) in [5.74, 6) is 0.558. The molecule has 0 saturated heterocycles. The highest BCUT2D eigenvalue weighted by atomic mass is 16.5. The van der Waals surface area contributed by atoms with E-state index in [0.717, 1.165) is 38.0 Å². The van der Waals surface area contributed by atoms with Crippen LogP contribution in [0.3, 0.4) is 0 Å². The fourth-order valence-electron chi connectivity index (χ4n) is 1.85. The van der Waals surface area contributed by atoms with Gasteiger partial charge >= 0.3 is 5.97 Å². The zero-order chi connectivity index (χ0) is 15.3. The van der Waals surface area contributed by atoms with E-state index in [1.54, 1.807) is 0 Å². The summed E-state index contributed by atoms with van der Waals surface area (Å²) in [4.78, 5) is 10.8. The molecule has 0 fully saturated rings. The minimum Gasteiger partial charge on any atom is -0.494 e. The van der Waals surface area contributed by atoms with Crippen LogP contribution in [0.15, 0.2) is 43.0 Å². The molecule has 0 aromatic heterocycles. The first-order chi connectivity index (χ1) is 10.3. The second-order valence-corrected chi connectivity index (χ2v) is 4.70. The highest BCUT2D eigenvalue weighted by molar-refractivity contribution is 5.81. The number of ether oxygens (including phenoxy) is 2. The van der Waals surface area contributed by atoms with Gasteiger partial charge in [-0.2, -0.15) is 0 Å². The van der Waals surface area contributed by atoms with Gasteiger partial charge in [-0.1, -0.05) is 30.9 Å². The number of unbranched alkanes of at least 4 members (excludes halogenated alkanes) is 3. The molecule has 21 heavy (non-hydrogen) atoms. The summed E-state index contributed by atoms with van der Waals surface area (Å²) >= 11 is 0. The topological polar surface area (TPSA) is 35.5 Å². The average Bonchev–Trinajstić information content (AvgIpc) is 2.51. The third-order valence-electron chi connectivity index (χ3n) is 2.96. The quantitative estimate of drug-likeness (QED) is 0.364.